The molecule has 0 atom stereocenters. The van der Waals surface area contributed by atoms with Crippen LogP contribution in [-0.2, 0) is 64.3 Å². The fourth-order valence-electron chi connectivity index (χ4n) is 6.51. The Labute approximate surface area is 381 Å². The first-order valence-corrected chi connectivity index (χ1v) is 22.5. The van der Waals surface area contributed by atoms with Crippen LogP contribution in [0.3, 0.4) is 0 Å². The highest BCUT2D eigenvalue weighted by molar-refractivity contribution is 6.35. The number of likely N-dealkylation sites (tertiary alicyclic amines) is 1. The summed E-state index contributed by atoms with van der Waals surface area (Å²) >= 11 is 5.78. The Balaban J connectivity index is 0.997. The van der Waals surface area contributed by atoms with Gasteiger partial charge in [-0.05, 0) is 87.4 Å². The number of ether oxygens (including phenoxy) is 5. The molecule has 0 saturated carbocycles. The van der Waals surface area contributed by atoms with Crippen LogP contribution in [0.2, 0.25) is 5.02 Å². The van der Waals surface area contributed by atoms with E-state index >= 15 is 0 Å². The highest BCUT2D eigenvalue weighted by atomic mass is 35.5. The molecule has 2 heterocycles. The Morgan fingerprint density at radius 3 is 2.23 bits per heavy atom. The lowest BCUT2D eigenvalue weighted by molar-refractivity contribution is -0.139. The largest absolute Gasteiger partial charge is 0.379 e. The number of ketones is 1. The Morgan fingerprint density at radius 2 is 1.50 bits per heavy atom. The SMILES string of the molecule is CC(C)C(=O)CCOCCOCCn1cc(COCCOCCOCCN(C)CCCNC(=O)C(=O)NCc2ccc(C(=O)Nc3ccc(Cl)c(F)c3)cc2CN2CCCCC2)nn1. The maximum atomic E-state index is 13.9. The first-order chi connectivity index (χ1) is 31.0. The van der Waals surface area contributed by atoms with Crippen molar-refractivity contribution in [2.45, 2.75) is 72.2 Å². The number of nitrogens with one attached hydrogen (secondary N) is 3. The smallest absolute Gasteiger partial charge is 0.309 e. The van der Waals surface area contributed by atoms with Crippen molar-refractivity contribution in [3.8, 4) is 0 Å². The van der Waals surface area contributed by atoms with Gasteiger partial charge < -0.3 is 44.5 Å². The van der Waals surface area contributed by atoms with Crippen LogP contribution >= 0.6 is 11.6 Å². The normalized spacial score (nSPS) is 13.1. The number of nitrogens with zero attached hydrogens (tertiary/aromatic N) is 5. The highest BCUT2D eigenvalue weighted by Gasteiger charge is 2.18. The first kappa shape index (κ1) is 52.2. The third kappa shape index (κ3) is 20.6. The molecule has 1 fully saturated rings. The van der Waals surface area contributed by atoms with Gasteiger partial charge >= 0.3 is 11.8 Å². The van der Waals surface area contributed by atoms with Gasteiger partial charge in [-0.15, -0.1) is 5.10 Å². The molecule has 0 unspecified atom stereocenters. The van der Waals surface area contributed by atoms with Gasteiger partial charge in [-0.3, -0.25) is 24.1 Å². The number of anilines is 1. The quantitative estimate of drug-likeness (QED) is 0.0615. The minimum Gasteiger partial charge on any atom is -0.379 e. The monoisotopic (exact) mass is 916 g/mol. The zero-order valence-corrected chi connectivity index (χ0v) is 38.3. The van der Waals surface area contributed by atoms with Crippen molar-refractivity contribution in [3.63, 3.8) is 0 Å². The minimum atomic E-state index is -0.735. The first-order valence-electron chi connectivity index (χ1n) is 22.1. The van der Waals surface area contributed by atoms with Gasteiger partial charge in [0.1, 0.15) is 17.3 Å². The maximum absolute atomic E-state index is 13.9. The zero-order valence-electron chi connectivity index (χ0n) is 37.5. The van der Waals surface area contributed by atoms with Crippen molar-refractivity contribution in [1.29, 1.82) is 0 Å². The summed E-state index contributed by atoms with van der Waals surface area (Å²) in [6, 6.07) is 9.28. The van der Waals surface area contributed by atoms with E-state index in [1.807, 2.05) is 27.1 Å². The van der Waals surface area contributed by atoms with E-state index in [-0.39, 0.29) is 29.0 Å². The minimum absolute atomic E-state index is 0.0328. The molecule has 1 aromatic heterocycles. The highest BCUT2D eigenvalue weighted by Crippen LogP contribution is 2.22. The van der Waals surface area contributed by atoms with Crippen molar-refractivity contribution >= 4 is 40.8 Å². The van der Waals surface area contributed by atoms with E-state index in [1.165, 1.54) is 24.6 Å². The van der Waals surface area contributed by atoms with Crippen molar-refractivity contribution in [3.05, 3.63) is 75.8 Å². The van der Waals surface area contributed by atoms with Gasteiger partial charge in [-0.25, -0.2) is 9.07 Å². The number of aromatic nitrogens is 3. The number of hydrogen-bond donors (Lipinski definition) is 3. The second-order valence-electron chi connectivity index (χ2n) is 15.8. The summed E-state index contributed by atoms with van der Waals surface area (Å²) in [6.07, 6.45) is 6.24. The number of halogens is 2. The van der Waals surface area contributed by atoms with Gasteiger partial charge in [0.25, 0.3) is 5.91 Å². The van der Waals surface area contributed by atoms with E-state index in [0.29, 0.717) is 123 Å². The third-order valence-electron chi connectivity index (χ3n) is 10.3. The number of hydrogen-bond acceptors (Lipinski definition) is 13. The molecule has 3 aromatic rings. The summed E-state index contributed by atoms with van der Waals surface area (Å²) in [7, 11) is 1.96. The number of piperidine rings is 1. The topological polar surface area (TPSA) is 188 Å². The fraction of sp³-hybridized carbons (Fsp3) is 0.600. The third-order valence-corrected chi connectivity index (χ3v) is 10.6. The van der Waals surface area contributed by atoms with Crippen molar-refractivity contribution in [1.82, 2.24) is 35.4 Å². The number of benzene rings is 2. The number of carbonyl (C=O) groups excluding carboxylic acids is 4. The lowest BCUT2D eigenvalue weighted by Crippen LogP contribution is -2.40. The second-order valence-corrected chi connectivity index (χ2v) is 16.3. The molecule has 17 nitrogen and oxygen atoms in total. The second kappa shape index (κ2) is 29.9. The molecule has 1 saturated heterocycles. The molecular formula is C45H66ClFN8O9. The number of carbonyl (C=O) groups is 4. The van der Waals surface area contributed by atoms with E-state index < -0.39 is 23.5 Å². The Hall–Kier alpha value is -4.40. The molecule has 4 rings (SSSR count). The molecule has 2 aromatic carbocycles. The van der Waals surface area contributed by atoms with Gasteiger partial charge in [0.15, 0.2) is 0 Å². The van der Waals surface area contributed by atoms with E-state index in [1.54, 1.807) is 22.9 Å². The molecule has 0 spiro atoms. The van der Waals surface area contributed by atoms with E-state index in [4.69, 9.17) is 35.3 Å². The summed E-state index contributed by atoms with van der Waals surface area (Å²) in [5.74, 6) is -2.24. The van der Waals surface area contributed by atoms with Gasteiger partial charge in [0, 0.05) is 49.8 Å². The molecule has 0 bridgehead atoms. The van der Waals surface area contributed by atoms with Crippen LogP contribution in [-0.4, -0.2) is 148 Å². The van der Waals surface area contributed by atoms with Crippen LogP contribution < -0.4 is 16.0 Å². The van der Waals surface area contributed by atoms with Crippen LogP contribution in [0.1, 0.15) is 73.1 Å². The predicted molar refractivity (Wildman–Crippen MR) is 239 cm³/mol. The number of rotatable bonds is 31. The van der Waals surface area contributed by atoms with Crippen LogP contribution in [0.5, 0.6) is 0 Å². The van der Waals surface area contributed by atoms with Crippen LogP contribution in [0.25, 0.3) is 0 Å². The predicted octanol–water partition coefficient (Wildman–Crippen LogP) is 4.26. The summed E-state index contributed by atoms with van der Waals surface area (Å²) in [6.45, 7) is 13.0. The summed E-state index contributed by atoms with van der Waals surface area (Å²) < 4.78 is 43.6. The molecule has 64 heavy (non-hydrogen) atoms. The Kier molecular flexibility index (Phi) is 24.4. The van der Waals surface area contributed by atoms with Crippen LogP contribution in [0.15, 0.2) is 42.6 Å². The molecular weight excluding hydrogens is 851 g/mol. The Bertz CT molecular complexity index is 1880. The summed E-state index contributed by atoms with van der Waals surface area (Å²) in [4.78, 5) is 54.4. The maximum Gasteiger partial charge on any atom is 0.309 e. The van der Waals surface area contributed by atoms with Crippen molar-refractivity contribution in [2.24, 2.45) is 5.92 Å². The summed E-state index contributed by atoms with van der Waals surface area (Å²) in [5, 5.41) is 16.3. The molecule has 0 aliphatic carbocycles. The van der Waals surface area contributed by atoms with Crippen molar-refractivity contribution in [2.75, 3.05) is 105 Å². The molecule has 0 radical (unpaired) electrons. The van der Waals surface area contributed by atoms with Crippen LogP contribution in [0.4, 0.5) is 10.1 Å². The molecule has 1 aliphatic heterocycles. The molecule has 354 valence electrons. The number of likely N-dealkylation sites (N-methyl/N-ethyl adjacent to an activating group) is 1. The standard InChI is InChI=1S/C45H66ClFN8O9/c1-34(2)42(56)12-19-60-22-23-62-21-18-55-32-39(51-52-55)33-64-27-26-63-25-24-61-20-17-53(3)14-7-13-48-44(58)45(59)49-30-36-9-8-35(28-37(36)31-54-15-5-4-6-16-54)43(57)50-38-10-11-40(46)41(47)29-38/h8-11,28-29,32,34H,4-7,12-27,30-31,33H2,1-3H3,(H,48,58)(H,49,59)(H,50,57). The van der Waals surface area contributed by atoms with E-state index in [0.717, 1.165) is 37.1 Å². The van der Waals surface area contributed by atoms with Gasteiger partial charge in [0.05, 0.1) is 83.8 Å². The molecule has 19 heteroatoms. The zero-order chi connectivity index (χ0) is 45.9. The number of Topliss-reactive ketones (excluding diaryl/α,β-unsaturated/α-hetero) is 1. The van der Waals surface area contributed by atoms with Gasteiger partial charge in [-0.2, -0.15) is 0 Å². The van der Waals surface area contributed by atoms with Gasteiger partial charge in [-0.1, -0.05) is 43.1 Å². The van der Waals surface area contributed by atoms with E-state index in [2.05, 4.69) is 36.1 Å². The lowest BCUT2D eigenvalue weighted by atomic mass is 10.0. The lowest BCUT2D eigenvalue weighted by Gasteiger charge is -2.27. The summed E-state index contributed by atoms with van der Waals surface area (Å²) in [5.41, 5.74) is 3.05. The average molecular weight is 918 g/mol. The molecule has 1 aliphatic rings. The molecule has 3 amide bonds. The molecule has 3 N–H and O–H groups in total. The Morgan fingerprint density at radius 1 is 0.812 bits per heavy atom. The van der Waals surface area contributed by atoms with Crippen molar-refractivity contribution < 1.29 is 47.3 Å². The van der Waals surface area contributed by atoms with E-state index in [9.17, 15) is 23.6 Å². The van der Waals surface area contributed by atoms with Gasteiger partial charge in [0.2, 0.25) is 0 Å². The number of amides is 3. The average Bonchev–Trinajstić information content (AvgIpc) is 3.74. The fourth-order valence-corrected chi connectivity index (χ4v) is 6.63. The van der Waals surface area contributed by atoms with Crippen LogP contribution in [0, 0.1) is 11.7 Å².